The van der Waals surface area contributed by atoms with E-state index in [0.29, 0.717) is 6.54 Å². The van der Waals surface area contributed by atoms with Gasteiger partial charge >= 0.3 is 4.87 Å². The Morgan fingerprint density at radius 1 is 1.00 bits per heavy atom. The number of nitrogens with zero attached hydrogens (tertiary/aromatic N) is 1. The number of hydrogen-bond acceptors (Lipinski definition) is 4. The summed E-state index contributed by atoms with van der Waals surface area (Å²) >= 11 is 1.29. The van der Waals surface area contributed by atoms with Gasteiger partial charge in [-0.1, -0.05) is 91.6 Å². The van der Waals surface area contributed by atoms with E-state index in [2.05, 4.69) is 17.4 Å². The molecule has 6 heteroatoms. The summed E-state index contributed by atoms with van der Waals surface area (Å²) in [4.78, 5) is 27.1. The van der Waals surface area contributed by atoms with Gasteiger partial charge in [0.1, 0.15) is 0 Å². The summed E-state index contributed by atoms with van der Waals surface area (Å²) in [5.74, 6) is 0.00342. The molecule has 1 fully saturated rings. The number of thiazole rings is 1. The monoisotopic (exact) mass is 492 g/mol. The largest absolute Gasteiger partial charge is 0.394 e. The number of hydrogen-bond donors (Lipinski definition) is 2. The highest BCUT2D eigenvalue weighted by atomic mass is 32.1. The van der Waals surface area contributed by atoms with Crippen LogP contribution in [0.2, 0.25) is 0 Å². The van der Waals surface area contributed by atoms with Crippen molar-refractivity contribution in [3.05, 3.63) is 91.5 Å². The normalized spacial score (nSPS) is 16.4. The van der Waals surface area contributed by atoms with Gasteiger partial charge < -0.3 is 10.4 Å². The first-order valence-electron chi connectivity index (χ1n) is 12.7. The summed E-state index contributed by atoms with van der Waals surface area (Å²) in [7, 11) is 0. The summed E-state index contributed by atoms with van der Waals surface area (Å²) in [6, 6.07) is 17.4. The number of nitrogens with one attached hydrogen (secondary N) is 1. The minimum Gasteiger partial charge on any atom is -0.394 e. The highest BCUT2D eigenvalue weighted by Crippen LogP contribution is 2.36. The maximum absolute atomic E-state index is 13.7. The Hall–Kier alpha value is -2.70. The second kappa shape index (κ2) is 11.8. The molecule has 1 aliphatic carbocycles. The fourth-order valence-corrected chi connectivity index (χ4v) is 6.08. The minimum absolute atomic E-state index is 0.0203. The van der Waals surface area contributed by atoms with Crippen molar-refractivity contribution in [3.8, 4) is 0 Å². The van der Waals surface area contributed by atoms with Crippen molar-refractivity contribution in [1.29, 1.82) is 0 Å². The van der Waals surface area contributed by atoms with Crippen molar-refractivity contribution < 1.29 is 9.90 Å². The molecule has 186 valence electrons. The number of aromatic nitrogens is 1. The molecular formula is C29H36N2O3S. The van der Waals surface area contributed by atoms with Crippen LogP contribution in [-0.4, -0.2) is 22.2 Å². The molecule has 3 aromatic rings. The number of aliphatic hydroxyl groups excluding tert-OH is 1. The van der Waals surface area contributed by atoms with Crippen molar-refractivity contribution in [1.82, 2.24) is 9.88 Å². The quantitative estimate of drug-likeness (QED) is 0.409. The van der Waals surface area contributed by atoms with Crippen molar-refractivity contribution >= 4 is 17.2 Å². The van der Waals surface area contributed by atoms with Crippen LogP contribution in [0.3, 0.4) is 0 Å². The van der Waals surface area contributed by atoms with Gasteiger partial charge in [-0.05, 0) is 49.3 Å². The van der Waals surface area contributed by atoms with Gasteiger partial charge in [0.2, 0.25) is 5.91 Å². The summed E-state index contributed by atoms with van der Waals surface area (Å²) in [5, 5.41) is 13.2. The molecule has 2 atom stereocenters. The first-order chi connectivity index (χ1) is 17.0. The molecule has 2 aromatic carbocycles. The smallest absolute Gasteiger partial charge is 0.307 e. The Kier molecular flexibility index (Phi) is 8.58. The van der Waals surface area contributed by atoms with E-state index in [4.69, 9.17) is 0 Å². The maximum Gasteiger partial charge on any atom is 0.307 e. The van der Waals surface area contributed by atoms with Crippen LogP contribution in [-0.2, 0) is 11.3 Å². The molecular weight excluding hydrogens is 456 g/mol. The average molecular weight is 493 g/mol. The minimum atomic E-state index is -0.423. The van der Waals surface area contributed by atoms with E-state index >= 15 is 0 Å². The Morgan fingerprint density at radius 2 is 1.66 bits per heavy atom. The van der Waals surface area contributed by atoms with Gasteiger partial charge in [-0.3, -0.25) is 14.2 Å². The predicted octanol–water partition coefficient (Wildman–Crippen LogP) is 5.48. The lowest BCUT2D eigenvalue weighted by atomic mass is 9.80. The highest BCUT2D eigenvalue weighted by molar-refractivity contribution is 7.09. The zero-order valence-electron chi connectivity index (χ0n) is 20.7. The van der Waals surface area contributed by atoms with Gasteiger partial charge in [-0.25, -0.2) is 0 Å². The van der Waals surface area contributed by atoms with Crippen LogP contribution >= 0.6 is 11.3 Å². The van der Waals surface area contributed by atoms with E-state index in [1.54, 1.807) is 0 Å². The number of amides is 1. The number of benzene rings is 2. The lowest BCUT2D eigenvalue weighted by Crippen LogP contribution is -2.37. The van der Waals surface area contributed by atoms with E-state index in [0.717, 1.165) is 52.9 Å². The molecule has 35 heavy (non-hydrogen) atoms. The summed E-state index contributed by atoms with van der Waals surface area (Å²) in [5.41, 5.74) is 3.98. The van der Waals surface area contributed by atoms with Crippen molar-refractivity contribution in [2.24, 2.45) is 5.92 Å². The topological polar surface area (TPSA) is 71.3 Å². The first kappa shape index (κ1) is 25.4. The number of aryl methyl sites for hydroxylation is 1. The van der Waals surface area contributed by atoms with Crippen LogP contribution in [0.25, 0.3) is 0 Å². The van der Waals surface area contributed by atoms with Gasteiger partial charge in [0.05, 0.1) is 25.1 Å². The van der Waals surface area contributed by atoms with Gasteiger partial charge in [0.25, 0.3) is 0 Å². The van der Waals surface area contributed by atoms with Gasteiger partial charge in [-0.15, -0.1) is 0 Å². The Morgan fingerprint density at radius 3 is 2.23 bits per heavy atom. The number of rotatable bonds is 8. The Balaban J connectivity index is 1.58. The van der Waals surface area contributed by atoms with Crippen LogP contribution in [0.4, 0.5) is 0 Å². The summed E-state index contributed by atoms with van der Waals surface area (Å²) in [6.07, 6.45) is 6.82. The lowest BCUT2D eigenvalue weighted by Gasteiger charge is -2.28. The van der Waals surface area contributed by atoms with Gasteiger partial charge in [0, 0.05) is 10.6 Å². The van der Waals surface area contributed by atoms with E-state index < -0.39 is 6.04 Å². The summed E-state index contributed by atoms with van der Waals surface area (Å²) in [6.45, 7) is 4.36. The molecule has 5 nitrogen and oxygen atoms in total. The SMILES string of the molecule is Cc1sc(=O)n(Cc2ccc(C(C(=O)NC(CO)c3ccccc3)C3CCCCCC3)cc2)c1C. The van der Waals surface area contributed by atoms with Crippen LogP contribution < -0.4 is 10.2 Å². The molecule has 1 saturated carbocycles. The molecule has 2 unspecified atom stereocenters. The molecule has 1 aromatic heterocycles. The van der Waals surface area contributed by atoms with E-state index in [-0.39, 0.29) is 29.2 Å². The fraction of sp³-hybridized carbons (Fsp3) is 0.448. The Bertz CT molecular complexity index is 1160. The lowest BCUT2D eigenvalue weighted by molar-refractivity contribution is -0.125. The standard InChI is InChI=1S/C29H36N2O3S/c1-20-21(2)35-29(34)31(20)18-22-14-16-25(17-15-22)27(24-12-6-3-4-7-13-24)28(33)30-26(19-32)23-10-8-5-9-11-23/h5,8-11,14-17,24,26-27,32H,3-4,6-7,12-13,18-19H2,1-2H3,(H,30,33). The molecule has 0 radical (unpaired) electrons. The van der Waals surface area contributed by atoms with E-state index in [1.165, 1.54) is 24.2 Å². The van der Waals surface area contributed by atoms with Crippen molar-refractivity contribution in [3.63, 3.8) is 0 Å². The molecule has 1 amide bonds. The average Bonchev–Trinajstić information content (AvgIpc) is 3.05. The predicted molar refractivity (Wildman–Crippen MR) is 142 cm³/mol. The number of aliphatic hydroxyl groups is 1. The highest BCUT2D eigenvalue weighted by Gasteiger charge is 2.31. The van der Waals surface area contributed by atoms with Crippen LogP contribution in [0.15, 0.2) is 59.4 Å². The zero-order chi connectivity index (χ0) is 24.8. The molecule has 2 N–H and O–H groups in total. The van der Waals surface area contributed by atoms with Gasteiger partial charge in [-0.2, -0.15) is 0 Å². The van der Waals surface area contributed by atoms with E-state index in [9.17, 15) is 14.7 Å². The maximum atomic E-state index is 13.7. The van der Waals surface area contributed by atoms with Crippen LogP contribution in [0.1, 0.15) is 77.7 Å². The molecule has 1 heterocycles. The van der Waals surface area contributed by atoms with Crippen LogP contribution in [0.5, 0.6) is 0 Å². The third kappa shape index (κ3) is 6.11. The first-order valence-corrected chi connectivity index (χ1v) is 13.5. The number of carbonyl (C=O) groups excluding carboxylic acids is 1. The fourth-order valence-electron chi connectivity index (χ4n) is 5.25. The van der Waals surface area contributed by atoms with Crippen LogP contribution in [0, 0.1) is 19.8 Å². The molecule has 4 rings (SSSR count). The molecule has 0 spiro atoms. The second-order valence-electron chi connectivity index (χ2n) is 9.72. The van der Waals surface area contributed by atoms with Crippen molar-refractivity contribution in [2.75, 3.05) is 6.61 Å². The molecule has 0 bridgehead atoms. The Labute approximate surface area is 211 Å². The molecule has 0 aliphatic heterocycles. The van der Waals surface area contributed by atoms with Gasteiger partial charge in [0.15, 0.2) is 0 Å². The van der Waals surface area contributed by atoms with E-state index in [1.807, 2.05) is 60.9 Å². The third-order valence-electron chi connectivity index (χ3n) is 7.41. The number of carbonyl (C=O) groups is 1. The zero-order valence-corrected chi connectivity index (χ0v) is 21.5. The third-order valence-corrected chi connectivity index (χ3v) is 8.41. The second-order valence-corrected chi connectivity index (χ2v) is 10.9. The molecule has 1 aliphatic rings. The summed E-state index contributed by atoms with van der Waals surface area (Å²) < 4.78 is 1.82. The molecule has 0 saturated heterocycles. The van der Waals surface area contributed by atoms with Crippen molar-refractivity contribution in [2.45, 2.75) is 70.9 Å².